The van der Waals surface area contributed by atoms with Crippen LogP contribution in [0.5, 0.6) is 0 Å². The van der Waals surface area contributed by atoms with E-state index in [4.69, 9.17) is 4.74 Å². The fraction of sp³-hybridized carbons (Fsp3) is 0.125. The van der Waals surface area contributed by atoms with Gasteiger partial charge in [0.2, 0.25) is 0 Å². The van der Waals surface area contributed by atoms with Gasteiger partial charge in [-0.15, -0.1) is 0 Å². The van der Waals surface area contributed by atoms with Gasteiger partial charge in [-0.05, 0) is 30.2 Å². The molecule has 26 heavy (non-hydrogen) atoms. The van der Waals surface area contributed by atoms with Crippen LogP contribution in [0.25, 0.3) is 0 Å². The highest BCUT2D eigenvalue weighted by atomic mass is 16.5. The standard InChI is InChI=1S/C24H20O2/c1-19(17-18-20-11-5-2-6-12-20)26-24(25)23(21-13-7-3-8-14-21)22-15-9-4-10-16-22/h2-16,19,23H,1H3/t19-/m0/s1. The van der Waals surface area contributed by atoms with E-state index in [1.54, 1.807) is 6.92 Å². The third kappa shape index (κ3) is 4.62. The second-order valence-corrected chi connectivity index (χ2v) is 5.97. The zero-order valence-electron chi connectivity index (χ0n) is 14.6. The molecule has 0 aromatic heterocycles. The Hall–Kier alpha value is -3.31. The summed E-state index contributed by atoms with van der Waals surface area (Å²) in [6.45, 7) is 1.79. The van der Waals surface area contributed by atoms with Crippen molar-refractivity contribution in [2.75, 3.05) is 0 Å². The largest absolute Gasteiger partial charge is 0.449 e. The van der Waals surface area contributed by atoms with Gasteiger partial charge in [0.05, 0.1) is 0 Å². The molecule has 3 rings (SSSR count). The van der Waals surface area contributed by atoms with Crippen molar-refractivity contribution in [3.05, 3.63) is 108 Å². The lowest BCUT2D eigenvalue weighted by molar-refractivity contribution is -0.146. The van der Waals surface area contributed by atoms with Crippen LogP contribution in [0, 0.1) is 11.8 Å². The number of carbonyl (C=O) groups is 1. The Morgan fingerprint density at radius 1 is 0.769 bits per heavy atom. The van der Waals surface area contributed by atoms with Gasteiger partial charge < -0.3 is 4.74 Å². The quantitative estimate of drug-likeness (QED) is 0.504. The summed E-state index contributed by atoms with van der Waals surface area (Å²) < 4.78 is 5.63. The van der Waals surface area contributed by atoms with Gasteiger partial charge >= 0.3 is 5.97 Å². The van der Waals surface area contributed by atoms with Gasteiger partial charge in [0.15, 0.2) is 6.10 Å². The molecule has 3 aromatic carbocycles. The predicted octanol–water partition coefficient (Wildman–Crippen LogP) is 4.80. The molecule has 0 unspecified atom stereocenters. The molecule has 0 radical (unpaired) electrons. The number of hydrogen-bond acceptors (Lipinski definition) is 2. The van der Waals surface area contributed by atoms with Crippen LogP contribution in [0.1, 0.15) is 29.5 Å². The summed E-state index contributed by atoms with van der Waals surface area (Å²) in [5.74, 6) is 5.28. The summed E-state index contributed by atoms with van der Waals surface area (Å²) in [4.78, 5) is 12.9. The second kappa shape index (κ2) is 8.69. The van der Waals surface area contributed by atoms with E-state index in [9.17, 15) is 4.79 Å². The molecule has 0 fully saturated rings. The lowest BCUT2D eigenvalue weighted by Crippen LogP contribution is -2.21. The molecule has 0 heterocycles. The van der Waals surface area contributed by atoms with Crippen LogP contribution in [0.15, 0.2) is 91.0 Å². The van der Waals surface area contributed by atoms with Gasteiger partial charge in [0, 0.05) is 5.56 Å². The van der Waals surface area contributed by atoms with Gasteiger partial charge in [0.25, 0.3) is 0 Å². The fourth-order valence-electron chi connectivity index (χ4n) is 2.73. The van der Waals surface area contributed by atoms with Crippen molar-refractivity contribution in [2.45, 2.75) is 18.9 Å². The SMILES string of the molecule is C[C@@H](C#Cc1ccccc1)OC(=O)C(c1ccccc1)c1ccccc1. The molecule has 128 valence electrons. The van der Waals surface area contributed by atoms with Gasteiger partial charge in [-0.25, -0.2) is 0 Å². The summed E-state index contributed by atoms with van der Waals surface area (Å²) in [6.07, 6.45) is -0.488. The molecule has 1 atom stereocenters. The number of benzene rings is 3. The molecule has 3 aromatic rings. The number of rotatable bonds is 4. The third-order valence-corrected chi connectivity index (χ3v) is 3.99. The molecule has 2 nitrogen and oxygen atoms in total. The van der Waals surface area contributed by atoms with Crippen molar-refractivity contribution in [1.29, 1.82) is 0 Å². The molecule has 0 aliphatic rings. The first-order valence-electron chi connectivity index (χ1n) is 8.61. The molecular weight excluding hydrogens is 320 g/mol. The number of ether oxygens (including phenoxy) is 1. The highest BCUT2D eigenvalue weighted by Gasteiger charge is 2.25. The molecule has 0 saturated heterocycles. The monoisotopic (exact) mass is 340 g/mol. The minimum atomic E-state index is -0.488. The van der Waals surface area contributed by atoms with Gasteiger partial charge in [-0.1, -0.05) is 90.7 Å². The average Bonchev–Trinajstić information content (AvgIpc) is 2.69. The molecule has 0 aliphatic carbocycles. The zero-order valence-corrected chi connectivity index (χ0v) is 14.6. The maximum absolute atomic E-state index is 12.9. The van der Waals surface area contributed by atoms with E-state index in [2.05, 4.69) is 11.8 Å². The first kappa shape index (κ1) is 17.5. The van der Waals surface area contributed by atoms with E-state index in [-0.39, 0.29) is 5.97 Å². The minimum absolute atomic E-state index is 0.294. The molecule has 0 amide bonds. The van der Waals surface area contributed by atoms with Gasteiger partial charge in [0.1, 0.15) is 5.92 Å². The van der Waals surface area contributed by atoms with E-state index in [1.807, 2.05) is 91.0 Å². The van der Waals surface area contributed by atoms with Crippen molar-refractivity contribution in [3.63, 3.8) is 0 Å². The van der Waals surface area contributed by atoms with E-state index < -0.39 is 12.0 Å². The average molecular weight is 340 g/mol. The van der Waals surface area contributed by atoms with Crippen LogP contribution >= 0.6 is 0 Å². The Kier molecular flexibility index (Phi) is 5.85. The lowest BCUT2D eigenvalue weighted by atomic mass is 9.91. The summed E-state index contributed by atoms with van der Waals surface area (Å²) in [5, 5.41) is 0. The molecular formula is C24H20O2. The smallest absolute Gasteiger partial charge is 0.319 e. The number of esters is 1. The maximum Gasteiger partial charge on any atom is 0.319 e. The highest BCUT2D eigenvalue weighted by molar-refractivity contribution is 5.82. The Bertz CT molecular complexity index is 851. The molecule has 0 saturated carbocycles. The molecule has 0 bridgehead atoms. The summed E-state index contributed by atoms with van der Waals surface area (Å²) in [7, 11) is 0. The normalized spacial score (nSPS) is 11.3. The van der Waals surface area contributed by atoms with Crippen molar-refractivity contribution in [3.8, 4) is 11.8 Å². The van der Waals surface area contributed by atoms with Crippen molar-refractivity contribution >= 4 is 5.97 Å². The fourth-order valence-corrected chi connectivity index (χ4v) is 2.73. The highest BCUT2D eigenvalue weighted by Crippen LogP contribution is 2.26. The van der Waals surface area contributed by atoms with E-state index in [0.29, 0.717) is 0 Å². The van der Waals surface area contributed by atoms with E-state index >= 15 is 0 Å². The van der Waals surface area contributed by atoms with Crippen LogP contribution < -0.4 is 0 Å². The van der Waals surface area contributed by atoms with E-state index in [1.165, 1.54) is 0 Å². The Labute approximate surface area is 154 Å². The summed E-state index contributed by atoms with van der Waals surface area (Å²) in [5.41, 5.74) is 2.72. The topological polar surface area (TPSA) is 26.3 Å². The van der Waals surface area contributed by atoms with Crippen LogP contribution in [-0.2, 0) is 9.53 Å². The third-order valence-electron chi connectivity index (χ3n) is 3.99. The van der Waals surface area contributed by atoms with E-state index in [0.717, 1.165) is 16.7 Å². The van der Waals surface area contributed by atoms with Crippen LogP contribution in [0.4, 0.5) is 0 Å². The minimum Gasteiger partial charge on any atom is -0.449 e. The van der Waals surface area contributed by atoms with Gasteiger partial charge in [-0.3, -0.25) is 4.79 Å². The number of hydrogen-bond donors (Lipinski definition) is 0. The lowest BCUT2D eigenvalue weighted by Gasteiger charge is -2.18. The first-order chi connectivity index (χ1) is 12.7. The van der Waals surface area contributed by atoms with Crippen molar-refractivity contribution in [2.24, 2.45) is 0 Å². The molecule has 2 heteroatoms. The first-order valence-corrected chi connectivity index (χ1v) is 8.61. The van der Waals surface area contributed by atoms with Crippen LogP contribution in [-0.4, -0.2) is 12.1 Å². The Morgan fingerprint density at radius 3 is 1.73 bits per heavy atom. The molecule has 0 N–H and O–H groups in total. The Balaban J connectivity index is 1.79. The second-order valence-electron chi connectivity index (χ2n) is 5.97. The summed E-state index contributed by atoms with van der Waals surface area (Å²) >= 11 is 0. The zero-order chi connectivity index (χ0) is 18.2. The molecule has 0 aliphatic heterocycles. The van der Waals surface area contributed by atoms with Crippen LogP contribution in [0.2, 0.25) is 0 Å². The van der Waals surface area contributed by atoms with Crippen LogP contribution in [0.3, 0.4) is 0 Å². The maximum atomic E-state index is 12.9. The van der Waals surface area contributed by atoms with Crippen molar-refractivity contribution in [1.82, 2.24) is 0 Å². The Morgan fingerprint density at radius 2 is 1.23 bits per heavy atom. The van der Waals surface area contributed by atoms with Gasteiger partial charge in [-0.2, -0.15) is 0 Å². The molecule has 0 spiro atoms. The van der Waals surface area contributed by atoms with Crippen molar-refractivity contribution < 1.29 is 9.53 Å². The predicted molar refractivity (Wildman–Crippen MR) is 104 cm³/mol. The summed E-state index contributed by atoms with van der Waals surface area (Å²) in [6, 6.07) is 29.0. The number of carbonyl (C=O) groups excluding carboxylic acids is 1.